The van der Waals surface area contributed by atoms with Crippen molar-refractivity contribution >= 4 is 10.0 Å². The van der Waals surface area contributed by atoms with Gasteiger partial charge in [-0.15, -0.1) is 0 Å². The highest BCUT2D eigenvalue weighted by Gasteiger charge is 2.58. The summed E-state index contributed by atoms with van der Waals surface area (Å²) in [5, 5.41) is 0. The van der Waals surface area contributed by atoms with Crippen molar-refractivity contribution in [3.05, 3.63) is 0 Å². The first-order valence-electron chi connectivity index (χ1n) is 3.66. The zero-order valence-corrected chi connectivity index (χ0v) is 7.26. The largest absolute Gasteiger partial charge is 0.324 e. The predicted molar refractivity (Wildman–Crippen MR) is 41.4 cm³/mol. The van der Waals surface area contributed by atoms with Crippen molar-refractivity contribution in [3.63, 3.8) is 0 Å². The van der Waals surface area contributed by atoms with Gasteiger partial charge in [0.05, 0.1) is 6.26 Å². The standard InChI is InChI=1S/C6H12N2O2S/c1-11(9,10)8-3-5-2-6(5,7)4-8/h5H,2-4,7H2,1H3/t5-,6+/m0/s1. The van der Waals surface area contributed by atoms with Crippen LogP contribution in [0.2, 0.25) is 0 Å². The Morgan fingerprint density at radius 2 is 2.27 bits per heavy atom. The second-order valence-corrected chi connectivity index (χ2v) is 5.67. The Balaban J connectivity index is 2.14. The van der Waals surface area contributed by atoms with Crippen LogP contribution in [0, 0.1) is 5.92 Å². The van der Waals surface area contributed by atoms with E-state index in [0.29, 0.717) is 19.0 Å². The van der Waals surface area contributed by atoms with E-state index in [9.17, 15) is 8.42 Å². The predicted octanol–water partition coefficient (Wildman–Crippen LogP) is -1.02. The van der Waals surface area contributed by atoms with E-state index in [0.717, 1.165) is 6.42 Å². The molecule has 1 heterocycles. The molecule has 11 heavy (non-hydrogen) atoms. The van der Waals surface area contributed by atoms with Gasteiger partial charge in [-0.3, -0.25) is 0 Å². The highest BCUT2D eigenvalue weighted by atomic mass is 32.2. The molecule has 0 radical (unpaired) electrons. The summed E-state index contributed by atoms with van der Waals surface area (Å²) in [6.07, 6.45) is 2.24. The maximum atomic E-state index is 11.0. The van der Waals surface area contributed by atoms with Crippen LogP contribution in [0.3, 0.4) is 0 Å². The van der Waals surface area contributed by atoms with Gasteiger partial charge >= 0.3 is 0 Å². The lowest BCUT2D eigenvalue weighted by molar-refractivity contribution is 0.437. The van der Waals surface area contributed by atoms with Gasteiger partial charge in [-0.1, -0.05) is 0 Å². The summed E-state index contributed by atoms with van der Waals surface area (Å²) in [6.45, 7) is 1.16. The summed E-state index contributed by atoms with van der Waals surface area (Å²) in [7, 11) is -2.99. The number of fused-ring (bicyclic) bond motifs is 1. The minimum absolute atomic E-state index is 0.164. The summed E-state index contributed by atoms with van der Waals surface area (Å²) < 4.78 is 23.5. The van der Waals surface area contributed by atoms with Crippen molar-refractivity contribution in [2.24, 2.45) is 11.7 Å². The highest BCUT2D eigenvalue weighted by molar-refractivity contribution is 7.88. The van der Waals surface area contributed by atoms with Crippen molar-refractivity contribution in [1.82, 2.24) is 4.31 Å². The average Bonchev–Trinajstić information content (AvgIpc) is 2.30. The Morgan fingerprint density at radius 1 is 1.64 bits per heavy atom. The molecule has 64 valence electrons. The summed E-state index contributed by atoms with van der Waals surface area (Å²) in [5.74, 6) is 0.428. The van der Waals surface area contributed by atoms with Crippen molar-refractivity contribution < 1.29 is 8.42 Å². The first kappa shape index (κ1) is 7.52. The van der Waals surface area contributed by atoms with Gasteiger partial charge in [-0.25, -0.2) is 8.42 Å². The zero-order chi connectivity index (χ0) is 8.28. The molecule has 1 aliphatic carbocycles. The fourth-order valence-electron chi connectivity index (χ4n) is 1.73. The molecule has 0 aromatic carbocycles. The molecule has 0 amide bonds. The molecular formula is C6H12N2O2S. The normalized spacial score (nSPS) is 44.0. The number of sulfonamides is 1. The van der Waals surface area contributed by atoms with Crippen LogP contribution >= 0.6 is 0 Å². The molecular weight excluding hydrogens is 164 g/mol. The maximum Gasteiger partial charge on any atom is 0.211 e. The molecule has 0 spiro atoms. The van der Waals surface area contributed by atoms with E-state index in [2.05, 4.69) is 0 Å². The molecule has 0 bridgehead atoms. The van der Waals surface area contributed by atoms with Crippen molar-refractivity contribution in [3.8, 4) is 0 Å². The van der Waals surface area contributed by atoms with E-state index in [1.807, 2.05) is 0 Å². The van der Waals surface area contributed by atoms with E-state index < -0.39 is 10.0 Å². The minimum Gasteiger partial charge on any atom is -0.324 e. The maximum absolute atomic E-state index is 11.0. The van der Waals surface area contributed by atoms with Crippen LogP contribution in [0.25, 0.3) is 0 Å². The number of hydrogen-bond acceptors (Lipinski definition) is 3. The molecule has 1 aliphatic heterocycles. The third-order valence-electron chi connectivity index (χ3n) is 2.64. The van der Waals surface area contributed by atoms with E-state index in [1.54, 1.807) is 0 Å². The second kappa shape index (κ2) is 1.78. The third-order valence-corrected chi connectivity index (χ3v) is 3.86. The van der Waals surface area contributed by atoms with Crippen molar-refractivity contribution in [2.45, 2.75) is 12.0 Å². The first-order valence-corrected chi connectivity index (χ1v) is 5.51. The van der Waals surface area contributed by atoms with Gasteiger partial charge in [0.1, 0.15) is 0 Å². The Labute approximate surface area is 66.4 Å². The van der Waals surface area contributed by atoms with Crippen LogP contribution in [-0.4, -0.2) is 37.6 Å². The molecule has 2 N–H and O–H groups in total. The Hall–Kier alpha value is -0.130. The van der Waals surface area contributed by atoms with E-state index in [1.165, 1.54) is 10.6 Å². The molecule has 2 rings (SSSR count). The lowest BCUT2D eigenvalue weighted by Crippen LogP contribution is -2.36. The van der Waals surface area contributed by atoms with Gasteiger partial charge in [0, 0.05) is 18.6 Å². The summed E-state index contributed by atoms with van der Waals surface area (Å²) in [5.41, 5.74) is 5.67. The van der Waals surface area contributed by atoms with Crippen LogP contribution in [-0.2, 0) is 10.0 Å². The van der Waals surface area contributed by atoms with Gasteiger partial charge < -0.3 is 5.73 Å². The molecule has 2 aliphatic rings. The molecule has 0 unspecified atom stereocenters. The summed E-state index contributed by atoms with van der Waals surface area (Å²) in [4.78, 5) is 0. The third kappa shape index (κ3) is 1.07. The summed E-state index contributed by atoms with van der Waals surface area (Å²) in [6, 6.07) is 0. The molecule has 0 aromatic rings. The topological polar surface area (TPSA) is 63.4 Å². The van der Waals surface area contributed by atoms with Gasteiger partial charge in [-0.2, -0.15) is 4.31 Å². The van der Waals surface area contributed by atoms with Gasteiger partial charge in [0.15, 0.2) is 0 Å². The number of rotatable bonds is 1. The van der Waals surface area contributed by atoms with Crippen LogP contribution < -0.4 is 5.73 Å². The summed E-state index contributed by atoms with van der Waals surface area (Å²) >= 11 is 0. The SMILES string of the molecule is CS(=O)(=O)N1C[C@@H]2C[C@@]2(N)C1. The van der Waals surface area contributed by atoms with Crippen LogP contribution in [0.15, 0.2) is 0 Å². The van der Waals surface area contributed by atoms with E-state index >= 15 is 0 Å². The molecule has 4 nitrogen and oxygen atoms in total. The quantitative estimate of drug-likeness (QED) is 0.556. The fraction of sp³-hybridized carbons (Fsp3) is 1.00. The number of piperidine rings is 1. The first-order chi connectivity index (χ1) is 4.92. The highest BCUT2D eigenvalue weighted by Crippen LogP contribution is 2.47. The van der Waals surface area contributed by atoms with Crippen LogP contribution in [0.5, 0.6) is 0 Å². The number of nitrogens with zero attached hydrogens (tertiary/aromatic N) is 1. The van der Waals surface area contributed by atoms with Crippen LogP contribution in [0.1, 0.15) is 6.42 Å². The van der Waals surface area contributed by atoms with Gasteiger partial charge in [0.25, 0.3) is 0 Å². The van der Waals surface area contributed by atoms with Crippen molar-refractivity contribution in [2.75, 3.05) is 19.3 Å². The molecule has 2 fully saturated rings. The average molecular weight is 176 g/mol. The molecule has 2 atom stereocenters. The Bertz CT molecular complexity index is 287. The lowest BCUT2D eigenvalue weighted by atomic mass is 10.3. The van der Waals surface area contributed by atoms with Gasteiger partial charge in [0.2, 0.25) is 10.0 Å². The van der Waals surface area contributed by atoms with Crippen molar-refractivity contribution in [1.29, 1.82) is 0 Å². The Morgan fingerprint density at radius 3 is 2.55 bits per heavy atom. The van der Waals surface area contributed by atoms with E-state index in [4.69, 9.17) is 5.73 Å². The number of hydrogen-bond donors (Lipinski definition) is 1. The minimum atomic E-state index is -2.99. The molecule has 1 saturated carbocycles. The zero-order valence-electron chi connectivity index (χ0n) is 6.45. The second-order valence-electron chi connectivity index (χ2n) is 3.69. The fourth-order valence-corrected chi connectivity index (χ4v) is 2.66. The molecule has 5 heteroatoms. The lowest BCUT2D eigenvalue weighted by Gasteiger charge is -2.15. The molecule has 1 saturated heterocycles. The Kier molecular flexibility index (Phi) is 1.22. The number of nitrogens with two attached hydrogens (primary N) is 1. The smallest absolute Gasteiger partial charge is 0.211 e. The molecule has 0 aromatic heterocycles. The van der Waals surface area contributed by atoms with Gasteiger partial charge in [-0.05, 0) is 12.3 Å². The van der Waals surface area contributed by atoms with E-state index in [-0.39, 0.29) is 5.54 Å². The van der Waals surface area contributed by atoms with Crippen LogP contribution in [0.4, 0.5) is 0 Å². The monoisotopic (exact) mass is 176 g/mol.